The van der Waals surface area contributed by atoms with Crippen LogP contribution < -0.4 is 5.32 Å². The fourth-order valence-electron chi connectivity index (χ4n) is 3.42. The molecule has 1 amide bonds. The van der Waals surface area contributed by atoms with Gasteiger partial charge >= 0.3 is 0 Å². The Bertz CT molecular complexity index is 658. The van der Waals surface area contributed by atoms with E-state index in [4.69, 9.17) is 0 Å². The van der Waals surface area contributed by atoms with Crippen molar-refractivity contribution in [3.8, 4) is 0 Å². The van der Waals surface area contributed by atoms with Crippen molar-refractivity contribution in [2.45, 2.75) is 32.7 Å². The number of carbonyl (C=O) groups is 1. The summed E-state index contributed by atoms with van der Waals surface area (Å²) in [5.41, 5.74) is 3.41. The van der Waals surface area contributed by atoms with Gasteiger partial charge in [0.1, 0.15) is 0 Å². The van der Waals surface area contributed by atoms with E-state index in [1.54, 1.807) is 0 Å². The number of likely N-dealkylation sites (tertiary alicyclic amines) is 1. The molecule has 0 bridgehead atoms. The lowest BCUT2D eigenvalue weighted by Gasteiger charge is -2.32. The molecule has 132 valence electrons. The second kappa shape index (κ2) is 8.82. The summed E-state index contributed by atoms with van der Waals surface area (Å²) in [5.74, 6) is 0.639. The van der Waals surface area contributed by atoms with Crippen LogP contribution in [0.25, 0.3) is 0 Å². The number of hydrogen-bond donors (Lipinski definition) is 1. The van der Waals surface area contributed by atoms with Crippen molar-refractivity contribution in [2.75, 3.05) is 19.6 Å². The van der Waals surface area contributed by atoms with Crippen LogP contribution in [0.5, 0.6) is 0 Å². The Hall–Kier alpha value is -2.13. The first kappa shape index (κ1) is 17.7. The van der Waals surface area contributed by atoms with Gasteiger partial charge in [-0.05, 0) is 61.5 Å². The zero-order valence-electron chi connectivity index (χ0n) is 15.1. The zero-order chi connectivity index (χ0) is 17.5. The molecule has 0 aromatic heterocycles. The third kappa shape index (κ3) is 5.17. The van der Waals surface area contributed by atoms with Crippen molar-refractivity contribution in [1.82, 2.24) is 10.2 Å². The minimum atomic E-state index is 0.0503. The third-order valence-electron chi connectivity index (χ3n) is 5.13. The van der Waals surface area contributed by atoms with Crippen molar-refractivity contribution >= 4 is 5.91 Å². The van der Waals surface area contributed by atoms with Gasteiger partial charge in [-0.25, -0.2) is 0 Å². The van der Waals surface area contributed by atoms with Crippen LogP contribution in [0.2, 0.25) is 0 Å². The maximum Gasteiger partial charge on any atom is 0.251 e. The van der Waals surface area contributed by atoms with Crippen molar-refractivity contribution < 1.29 is 4.79 Å². The van der Waals surface area contributed by atoms with Gasteiger partial charge in [-0.2, -0.15) is 0 Å². The van der Waals surface area contributed by atoms with Crippen LogP contribution in [0.3, 0.4) is 0 Å². The molecule has 0 unspecified atom stereocenters. The van der Waals surface area contributed by atoms with E-state index < -0.39 is 0 Å². The molecule has 1 fully saturated rings. The molecule has 0 saturated carbocycles. The molecule has 3 rings (SSSR count). The normalized spacial score (nSPS) is 15.9. The summed E-state index contributed by atoms with van der Waals surface area (Å²) < 4.78 is 0. The molecule has 0 spiro atoms. The lowest BCUT2D eigenvalue weighted by molar-refractivity contribution is 0.0935. The quantitative estimate of drug-likeness (QED) is 0.868. The summed E-state index contributed by atoms with van der Waals surface area (Å²) in [7, 11) is 0. The number of benzene rings is 2. The van der Waals surface area contributed by atoms with Crippen molar-refractivity contribution in [1.29, 1.82) is 0 Å². The zero-order valence-corrected chi connectivity index (χ0v) is 15.1. The minimum absolute atomic E-state index is 0.0503. The number of carbonyl (C=O) groups excluding carboxylic acids is 1. The number of aryl methyl sites for hydroxylation is 1. The van der Waals surface area contributed by atoms with Gasteiger partial charge in [-0.1, -0.05) is 49.4 Å². The molecule has 1 aliphatic rings. The van der Waals surface area contributed by atoms with E-state index in [1.165, 1.54) is 11.1 Å². The summed E-state index contributed by atoms with van der Waals surface area (Å²) in [5, 5.41) is 3.11. The molecule has 0 aliphatic carbocycles. The topological polar surface area (TPSA) is 32.3 Å². The molecular weight excluding hydrogens is 308 g/mol. The molecule has 1 aliphatic heterocycles. The Labute approximate surface area is 151 Å². The SMILES string of the molecule is CCc1ccc(C(=O)NCC2CCN(Cc3ccccc3)CC2)cc1. The Morgan fingerprint density at radius 1 is 1.00 bits per heavy atom. The van der Waals surface area contributed by atoms with Crippen LogP contribution in [0, 0.1) is 5.92 Å². The van der Waals surface area contributed by atoms with Gasteiger partial charge in [-0.15, -0.1) is 0 Å². The number of nitrogens with one attached hydrogen (secondary N) is 1. The molecule has 1 N–H and O–H groups in total. The average molecular weight is 336 g/mol. The molecule has 1 saturated heterocycles. The molecule has 0 atom stereocenters. The van der Waals surface area contributed by atoms with E-state index in [0.717, 1.165) is 51.0 Å². The smallest absolute Gasteiger partial charge is 0.251 e. The van der Waals surface area contributed by atoms with Crippen LogP contribution in [0.4, 0.5) is 0 Å². The molecule has 3 nitrogen and oxygen atoms in total. The van der Waals surface area contributed by atoms with Crippen LogP contribution in [-0.2, 0) is 13.0 Å². The molecular formula is C22H28N2O. The highest BCUT2D eigenvalue weighted by Gasteiger charge is 2.20. The first-order valence-electron chi connectivity index (χ1n) is 9.38. The van der Waals surface area contributed by atoms with Crippen LogP contribution in [0.1, 0.15) is 41.3 Å². The maximum atomic E-state index is 12.3. The number of nitrogens with zero attached hydrogens (tertiary/aromatic N) is 1. The molecule has 2 aromatic rings. The molecule has 3 heteroatoms. The Kier molecular flexibility index (Phi) is 6.24. The Morgan fingerprint density at radius 2 is 1.68 bits per heavy atom. The Balaban J connectivity index is 1.40. The average Bonchev–Trinajstić information content (AvgIpc) is 2.68. The summed E-state index contributed by atoms with van der Waals surface area (Å²) in [4.78, 5) is 14.8. The van der Waals surface area contributed by atoms with Gasteiger partial charge < -0.3 is 5.32 Å². The van der Waals surface area contributed by atoms with E-state index >= 15 is 0 Å². The summed E-state index contributed by atoms with van der Waals surface area (Å²) in [6.07, 6.45) is 3.31. The largest absolute Gasteiger partial charge is 0.352 e. The highest BCUT2D eigenvalue weighted by molar-refractivity contribution is 5.94. The predicted molar refractivity (Wildman–Crippen MR) is 103 cm³/mol. The van der Waals surface area contributed by atoms with Gasteiger partial charge in [0.25, 0.3) is 5.91 Å². The van der Waals surface area contributed by atoms with E-state index in [2.05, 4.69) is 47.5 Å². The second-order valence-corrected chi connectivity index (χ2v) is 6.97. The van der Waals surface area contributed by atoms with E-state index in [-0.39, 0.29) is 5.91 Å². The van der Waals surface area contributed by atoms with E-state index in [9.17, 15) is 4.79 Å². The maximum absolute atomic E-state index is 12.3. The van der Waals surface area contributed by atoms with Crippen molar-refractivity contribution in [3.63, 3.8) is 0 Å². The standard InChI is InChI=1S/C22H28N2O/c1-2-18-8-10-21(11-9-18)22(25)23-16-19-12-14-24(15-13-19)17-20-6-4-3-5-7-20/h3-11,19H,2,12-17H2,1H3,(H,23,25). The summed E-state index contributed by atoms with van der Waals surface area (Å²) >= 11 is 0. The number of rotatable bonds is 6. The molecule has 25 heavy (non-hydrogen) atoms. The molecule has 1 heterocycles. The third-order valence-corrected chi connectivity index (χ3v) is 5.13. The molecule has 0 radical (unpaired) electrons. The predicted octanol–water partition coefficient (Wildman–Crippen LogP) is 3.89. The summed E-state index contributed by atoms with van der Waals surface area (Å²) in [6, 6.07) is 18.6. The molecule has 2 aromatic carbocycles. The number of piperidine rings is 1. The van der Waals surface area contributed by atoms with Crippen molar-refractivity contribution in [2.24, 2.45) is 5.92 Å². The van der Waals surface area contributed by atoms with Gasteiger partial charge in [0, 0.05) is 18.7 Å². The first-order valence-corrected chi connectivity index (χ1v) is 9.38. The van der Waals surface area contributed by atoms with Crippen LogP contribution in [-0.4, -0.2) is 30.4 Å². The fraction of sp³-hybridized carbons (Fsp3) is 0.409. The van der Waals surface area contributed by atoms with Crippen LogP contribution in [0.15, 0.2) is 54.6 Å². The van der Waals surface area contributed by atoms with Gasteiger partial charge in [-0.3, -0.25) is 9.69 Å². The van der Waals surface area contributed by atoms with Gasteiger partial charge in [0.05, 0.1) is 0 Å². The fourth-order valence-corrected chi connectivity index (χ4v) is 3.42. The summed E-state index contributed by atoms with van der Waals surface area (Å²) in [6.45, 7) is 6.16. The number of amides is 1. The lowest BCUT2D eigenvalue weighted by atomic mass is 9.96. The van der Waals surface area contributed by atoms with Crippen molar-refractivity contribution in [3.05, 3.63) is 71.3 Å². The second-order valence-electron chi connectivity index (χ2n) is 6.97. The monoisotopic (exact) mass is 336 g/mol. The van der Waals surface area contributed by atoms with E-state index in [0.29, 0.717) is 5.92 Å². The van der Waals surface area contributed by atoms with E-state index in [1.807, 2.05) is 24.3 Å². The number of hydrogen-bond acceptors (Lipinski definition) is 2. The Morgan fingerprint density at radius 3 is 2.32 bits per heavy atom. The lowest BCUT2D eigenvalue weighted by Crippen LogP contribution is -2.38. The van der Waals surface area contributed by atoms with Gasteiger partial charge in [0.15, 0.2) is 0 Å². The van der Waals surface area contributed by atoms with Gasteiger partial charge in [0.2, 0.25) is 0 Å². The highest BCUT2D eigenvalue weighted by atomic mass is 16.1. The highest BCUT2D eigenvalue weighted by Crippen LogP contribution is 2.18. The first-order chi connectivity index (χ1) is 12.2. The minimum Gasteiger partial charge on any atom is -0.352 e. The van der Waals surface area contributed by atoms with Crippen LogP contribution >= 0.6 is 0 Å².